The number of carbonyl (C=O) groups excluding carboxylic acids is 2. The Morgan fingerprint density at radius 3 is 2.33 bits per heavy atom. The number of allylic oxidation sites excluding steroid dienone is 1. The van der Waals surface area contributed by atoms with E-state index in [1.807, 2.05) is 13.8 Å². The first-order valence-electron chi connectivity index (χ1n) is 7.05. The molecule has 1 aliphatic rings. The van der Waals surface area contributed by atoms with Crippen molar-refractivity contribution < 1.29 is 22.8 Å². The van der Waals surface area contributed by atoms with Crippen LogP contribution < -0.4 is 5.32 Å². The molecular weight excluding hydrogens is 285 g/mol. The Hall–Kier alpha value is -1.53. The van der Waals surface area contributed by atoms with Gasteiger partial charge in [0.1, 0.15) is 0 Å². The highest BCUT2D eigenvalue weighted by Crippen LogP contribution is 2.23. The van der Waals surface area contributed by atoms with Gasteiger partial charge in [0.15, 0.2) is 0 Å². The minimum absolute atomic E-state index is 0.0860. The Morgan fingerprint density at radius 1 is 1.29 bits per heavy atom. The number of nitrogens with one attached hydrogen (secondary N) is 1. The molecule has 7 heteroatoms. The van der Waals surface area contributed by atoms with Gasteiger partial charge in [-0.15, -0.1) is 0 Å². The van der Waals surface area contributed by atoms with Gasteiger partial charge in [0.2, 0.25) is 5.91 Å². The molecule has 1 N–H and O–H groups in total. The van der Waals surface area contributed by atoms with Gasteiger partial charge in [-0.05, 0) is 32.1 Å². The van der Waals surface area contributed by atoms with Crippen molar-refractivity contribution in [3.8, 4) is 0 Å². The summed E-state index contributed by atoms with van der Waals surface area (Å²) in [5.74, 6) is -1.84. The summed E-state index contributed by atoms with van der Waals surface area (Å²) < 4.78 is 36.9. The average Bonchev–Trinajstić information content (AvgIpc) is 2.43. The van der Waals surface area contributed by atoms with Gasteiger partial charge in [0.25, 0.3) is 0 Å². The predicted octanol–water partition coefficient (Wildman–Crippen LogP) is 2.26. The number of alkyl halides is 3. The van der Waals surface area contributed by atoms with Gasteiger partial charge in [-0.25, -0.2) is 0 Å². The first-order chi connectivity index (χ1) is 9.74. The summed E-state index contributed by atoms with van der Waals surface area (Å²) in [4.78, 5) is 23.5. The number of hydrogen-bond donors (Lipinski definition) is 1. The number of rotatable bonds is 4. The van der Waals surface area contributed by atoms with E-state index in [9.17, 15) is 22.8 Å². The van der Waals surface area contributed by atoms with Crippen molar-refractivity contribution in [3.63, 3.8) is 0 Å². The molecular formula is C14H21F3N2O2. The van der Waals surface area contributed by atoms with Crippen molar-refractivity contribution in [2.45, 2.75) is 39.3 Å². The van der Waals surface area contributed by atoms with E-state index >= 15 is 0 Å². The summed E-state index contributed by atoms with van der Waals surface area (Å²) in [6.07, 6.45) is -1.53. The van der Waals surface area contributed by atoms with Crippen LogP contribution in [0.15, 0.2) is 11.6 Å². The van der Waals surface area contributed by atoms with Crippen LogP contribution in [-0.4, -0.2) is 42.5 Å². The first-order valence-corrected chi connectivity index (χ1v) is 7.05. The molecule has 2 amide bonds. The number of likely N-dealkylation sites (tertiary alicyclic amines) is 1. The van der Waals surface area contributed by atoms with Gasteiger partial charge >= 0.3 is 12.1 Å². The Balaban J connectivity index is 2.34. The molecule has 0 aromatic rings. The normalized spacial score (nSPS) is 17.8. The molecule has 0 bridgehead atoms. The molecule has 0 radical (unpaired) electrons. The van der Waals surface area contributed by atoms with Crippen molar-refractivity contribution in [1.29, 1.82) is 0 Å². The fraction of sp³-hybridized carbons (Fsp3) is 0.714. The Morgan fingerprint density at radius 2 is 1.86 bits per heavy atom. The van der Waals surface area contributed by atoms with Crippen molar-refractivity contribution in [2.75, 3.05) is 19.6 Å². The molecule has 1 saturated heterocycles. The van der Waals surface area contributed by atoms with Crippen LogP contribution in [0.2, 0.25) is 0 Å². The number of piperidine rings is 1. The summed E-state index contributed by atoms with van der Waals surface area (Å²) >= 11 is 0. The summed E-state index contributed by atoms with van der Waals surface area (Å²) in [5.41, 5.74) is 0.970. The molecule has 1 heterocycles. The van der Waals surface area contributed by atoms with Crippen LogP contribution in [0, 0.1) is 5.92 Å². The van der Waals surface area contributed by atoms with Crippen molar-refractivity contribution >= 4 is 11.8 Å². The van der Waals surface area contributed by atoms with Crippen LogP contribution >= 0.6 is 0 Å². The van der Waals surface area contributed by atoms with Crippen molar-refractivity contribution in [1.82, 2.24) is 10.2 Å². The number of amides is 2. The molecule has 120 valence electrons. The summed E-state index contributed by atoms with van der Waals surface area (Å²) in [6, 6.07) is 0. The Kier molecular flexibility index (Phi) is 6.23. The number of halogens is 3. The molecule has 1 rings (SSSR count). The molecule has 0 aliphatic carbocycles. The SMILES string of the molecule is CC/C(C)=C/C(=O)NCC1CCN(C(=O)C(F)(F)F)CC1. The molecule has 1 fully saturated rings. The zero-order valence-corrected chi connectivity index (χ0v) is 12.3. The van der Waals surface area contributed by atoms with E-state index in [-0.39, 0.29) is 24.9 Å². The highest BCUT2D eigenvalue weighted by Gasteiger charge is 2.43. The van der Waals surface area contributed by atoms with E-state index in [4.69, 9.17) is 0 Å². The van der Waals surface area contributed by atoms with Crippen LogP contribution in [0.25, 0.3) is 0 Å². The first kappa shape index (κ1) is 17.5. The molecule has 1 aliphatic heterocycles. The third kappa shape index (κ3) is 5.77. The van der Waals surface area contributed by atoms with Gasteiger partial charge in [-0.3, -0.25) is 9.59 Å². The van der Waals surface area contributed by atoms with Crippen LogP contribution in [0.1, 0.15) is 33.1 Å². The number of carbonyl (C=O) groups is 2. The zero-order valence-electron chi connectivity index (χ0n) is 12.3. The second-order valence-electron chi connectivity index (χ2n) is 5.32. The highest BCUT2D eigenvalue weighted by molar-refractivity contribution is 5.88. The van der Waals surface area contributed by atoms with Crippen molar-refractivity contribution in [2.24, 2.45) is 5.92 Å². The minimum atomic E-state index is -4.80. The lowest BCUT2D eigenvalue weighted by molar-refractivity contribution is -0.186. The number of hydrogen-bond acceptors (Lipinski definition) is 2. The topological polar surface area (TPSA) is 49.4 Å². The van der Waals surface area contributed by atoms with Crippen molar-refractivity contribution in [3.05, 3.63) is 11.6 Å². The Bertz CT molecular complexity index is 411. The van der Waals surface area contributed by atoms with Crippen LogP contribution in [-0.2, 0) is 9.59 Å². The minimum Gasteiger partial charge on any atom is -0.352 e. The molecule has 0 atom stereocenters. The molecule has 21 heavy (non-hydrogen) atoms. The van der Waals surface area contributed by atoms with E-state index in [0.29, 0.717) is 19.4 Å². The quantitative estimate of drug-likeness (QED) is 0.810. The maximum absolute atomic E-state index is 12.3. The standard InChI is InChI=1S/C14H21F3N2O2/c1-3-10(2)8-12(20)18-9-11-4-6-19(7-5-11)13(21)14(15,16)17/h8,11H,3-7,9H2,1-2H3,(H,18,20)/b10-8+. The largest absolute Gasteiger partial charge is 0.471 e. The van der Waals surface area contributed by atoms with Gasteiger partial charge < -0.3 is 10.2 Å². The second-order valence-corrected chi connectivity index (χ2v) is 5.32. The second kappa shape index (κ2) is 7.47. The summed E-state index contributed by atoms with van der Waals surface area (Å²) in [5, 5.41) is 2.75. The van der Waals surface area contributed by atoms with Crippen LogP contribution in [0.4, 0.5) is 13.2 Å². The zero-order chi connectivity index (χ0) is 16.0. The smallest absolute Gasteiger partial charge is 0.352 e. The fourth-order valence-corrected chi connectivity index (χ4v) is 2.14. The lowest BCUT2D eigenvalue weighted by Gasteiger charge is -2.32. The molecule has 0 aromatic heterocycles. The Labute approximate surface area is 122 Å². The van der Waals surface area contributed by atoms with Gasteiger partial charge in [0, 0.05) is 25.7 Å². The number of nitrogens with zero attached hydrogens (tertiary/aromatic N) is 1. The lowest BCUT2D eigenvalue weighted by Crippen LogP contribution is -2.46. The average molecular weight is 306 g/mol. The third-order valence-corrected chi connectivity index (χ3v) is 3.64. The third-order valence-electron chi connectivity index (χ3n) is 3.64. The van der Waals surface area contributed by atoms with E-state index < -0.39 is 12.1 Å². The monoisotopic (exact) mass is 306 g/mol. The molecule has 0 unspecified atom stereocenters. The van der Waals surface area contributed by atoms with E-state index in [2.05, 4.69) is 5.32 Å². The van der Waals surface area contributed by atoms with Gasteiger partial charge in [0.05, 0.1) is 0 Å². The molecule has 0 saturated carbocycles. The summed E-state index contributed by atoms with van der Waals surface area (Å²) in [6.45, 7) is 4.42. The van der Waals surface area contributed by atoms with E-state index in [0.717, 1.165) is 16.9 Å². The van der Waals surface area contributed by atoms with Crippen LogP contribution in [0.3, 0.4) is 0 Å². The van der Waals surface area contributed by atoms with Gasteiger partial charge in [-0.2, -0.15) is 13.2 Å². The maximum atomic E-state index is 12.3. The van der Waals surface area contributed by atoms with Gasteiger partial charge in [-0.1, -0.05) is 12.5 Å². The maximum Gasteiger partial charge on any atom is 0.471 e. The molecule has 0 aromatic carbocycles. The highest BCUT2D eigenvalue weighted by atomic mass is 19.4. The van der Waals surface area contributed by atoms with E-state index in [1.165, 1.54) is 6.08 Å². The fourth-order valence-electron chi connectivity index (χ4n) is 2.14. The summed E-state index contributed by atoms with van der Waals surface area (Å²) in [7, 11) is 0. The predicted molar refractivity (Wildman–Crippen MR) is 72.4 cm³/mol. The van der Waals surface area contributed by atoms with Crippen LogP contribution in [0.5, 0.6) is 0 Å². The van der Waals surface area contributed by atoms with E-state index in [1.54, 1.807) is 0 Å². The molecule has 0 spiro atoms. The lowest BCUT2D eigenvalue weighted by atomic mass is 9.96. The molecule has 4 nitrogen and oxygen atoms in total.